The summed E-state index contributed by atoms with van der Waals surface area (Å²) in [4.78, 5) is 31.3. The maximum Gasteiger partial charge on any atom is 0.317 e. The molecule has 2 amide bonds. The van der Waals surface area contributed by atoms with Crippen molar-refractivity contribution in [1.29, 1.82) is 0 Å². The van der Waals surface area contributed by atoms with Crippen LogP contribution < -0.4 is 5.32 Å². The molecule has 2 rings (SSSR count). The predicted octanol–water partition coefficient (Wildman–Crippen LogP) is 2.44. The molecule has 1 aliphatic carbocycles. The number of hydrogen-bond donors (Lipinski definition) is 1. The molecule has 3 atom stereocenters. The number of likely N-dealkylation sites (tertiary alicyclic amines) is 1. The van der Waals surface area contributed by atoms with Crippen LogP contribution in [0.25, 0.3) is 0 Å². The van der Waals surface area contributed by atoms with Crippen molar-refractivity contribution in [2.45, 2.75) is 65.0 Å². The van der Waals surface area contributed by atoms with E-state index in [0.717, 1.165) is 65.0 Å². The maximum absolute atomic E-state index is 12.7. The van der Waals surface area contributed by atoms with Gasteiger partial charge in [-0.25, -0.2) is 4.79 Å². The number of ketones is 1. The van der Waals surface area contributed by atoms with Crippen molar-refractivity contribution in [3.63, 3.8) is 0 Å². The molecule has 1 heterocycles. The fourth-order valence-electron chi connectivity index (χ4n) is 4.42. The summed E-state index contributed by atoms with van der Waals surface area (Å²) >= 11 is 0. The van der Waals surface area contributed by atoms with Gasteiger partial charge in [-0.1, -0.05) is 13.8 Å². The first-order valence-corrected chi connectivity index (χ1v) is 10.5. The van der Waals surface area contributed by atoms with Gasteiger partial charge in [0.05, 0.1) is 0 Å². The molecule has 0 aromatic carbocycles. The highest BCUT2D eigenvalue weighted by atomic mass is 16.2. The molecule has 1 saturated carbocycles. The Bertz CT molecular complexity index is 477. The summed E-state index contributed by atoms with van der Waals surface area (Å²) in [7, 11) is 2.08. The number of likely N-dealkylation sites (N-methyl/N-ethyl adjacent to an activating group) is 2. The summed E-state index contributed by atoms with van der Waals surface area (Å²) in [6.07, 6.45) is 4.47. The Balaban J connectivity index is 0.00000364. The highest BCUT2D eigenvalue weighted by molar-refractivity contribution is 5.79. The van der Waals surface area contributed by atoms with Gasteiger partial charge in [0.25, 0.3) is 0 Å². The number of urea groups is 1. The summed E-state index contributed by atoms with van der Waals surface area (Å²) in [6, 6.07) is 0.722. The fourth-order valence-corrected chi connectivity index (χ4v) is 4.42. The third-order valence-corrected chi connectivity index (χ3v) is 6.06. The summed E-state index contributed by atoms with van der Waals surface area (Å²) in [6.45, 7) is 11.7. The van der Waals surface area contributed by atoms with E-state index in [0.29, 0.717) is 24.2 Å². The van der Waals surface area contributed by atoms with E-state index >= 15 is 0 Å². The molecule has 0 aromatic heterocycles. The van der Waals surface area contributed by atoms with Crippen LogP contribution in [0.1, 0.15) is 54.3 Å². The first-order valence-electron chi connectivity index (χ1n) is 10.5. The topological polar surface area (TPSA) is 55.9 Å². The van der Waals surface area contributed by atoms with Crippen molar-refractivity contribution in [1.82, 2.24) is 20.0 Å². The fraction of sp³-hybridized carbons (Fsp3) is 0.900. The Hall–Kier alpha value is -1.14. The second-order valence-corrected chi connectivity index (χ2v) is 7.96. The van der Waals surface area contributed by atoms with E-state index in [1.54, 1.807) is 0 Å². The minimum absolute atomic E-state index is 0. The van der Waals surface area contributed by atoms with Gasteiger partial charge in [-0.2, -0.15) is 0 Å². The maximum atomic E-state index is 12.7. The van der Waals surface area contributed by atoms with Gasteiger partial charge in [-0.05, 0) is 52.2 Å². The molecule has 6 heteroatoms. The van der Waals surface area contributed by atoms with E-state index in [-0.39, 0.29) is 13.5 Å². The van der Waals surface area contributed by atoms with Crippen molar-refractivity contribution in [2.24, 2.45) is 5.92 Å². The minimum Gasteiger partial charge on any atom is -0.334 e. The number of nitrogens with one attached hydrogen (secondary N) is 1. The molecule has 0 bridgehead atoms. The molecular weight excluding hydrogens is 328 g/mol. The van der Waals surface area contributed by atoms with Crippen LogP contribution in [0.2, 0.25) is 0 Å². The molecule has 0 aromatic rings. The summed E-state index contributed by atoms with van der Waals surface area (Å²) in [5.74, 6) is 0.801. The highest BCUT2D eigenvalue weighted by Crippen LogP contribution is 2.34. The van der Waals surface area contributed by atoms with E-state index in [1.807, 2.05) is 11.8 Å². The molecule has 1 saturated heterocycles. The number of piperidine rings is 1. The zero-order valence-corrected chi connectivity index (χ0v) is 17.2. The highest BCUT2D eigenvalue weighted by Gasteiger charge is 2.39. The quantitative estimate of drug-likeness (QED) is 0.715. The van der Waals surface area contributed by atoms with Gasteiger partial charge in [0.1, 0.15) is 5.78 Å². The van der Waals surface area contributed by atoms with Crippen molar-refractivity contribution in [3.05, 3.63) is 0 Å². The molecule has 0 spiro atoms. The Kier molecular flexibility index (Phi) is 8.35. The summed E-state index contributed by atoms with van der Waals surface area (Å²) in [5, 5.41) is 3.26. The number of rotatable bonds is 8. The Morgan fingerprint density at radius 3 is 2.69 bits per heavy atom. The molecular formula is C20H40N4O2. The molecule has 1 N–H and O–H groups in total. The Morgan fingerprint density at radius 1 is 1.27 bits per heavy atom. The first-order chi connectivity index (χ1) is 12.5. The molecule has 6 nitrogen and oxygen atoms in total. The van der Waals surface area contributed by atoms with Crippen molar-refractivity contribution in [3.8, 4) is 0 Å². The zero-order chi connectivity index (χ0) is 19.1. The second kappa shape index (κ2) is 10.3. The van der Waals surface area contributed by atoms with Gasteiger partial charge < -0.3 is 15.1 Å². The Morgan fingerprint density at radius 2 is 2.04 bits per heavy atom. The van der Waals surface area contributed by atoms with E-state index in [2.05, 4.69) is 36.0 Å². The van der Waals surface area contributed by atoms with Crippen LogP contribution in [-0.2, 0) is 4.79 Å². The van der Waals surface area contributed by atoms with E-state index < -0.39 is 0 Å². The molecule has 152 valence electrons. The summed E-state index contributed by atoms with van der Waals surface area (Å²) in [5.41, 5.74) is 0. The SMILES string of the molecule is CCCN1C[C@@H](NC(=O)N(CC)CCN(C)CC)C[C@@H]2CC(=O)CC[C@H]21.[HH]. The van der Waals surface area contributed by atoms with Crippen LogP contribution in [0, 0.1) is 5.92 Å². The van der Waals surface area contributed by atoms with E-state index in [9.17, 15) is 9.59 Å². The van der Waals surface area contributed by atoms with Gasteiger partial charge in [0.2, 0.25) is 0 Å². The minimum atomic E-state index is 0. The largest absolute Gasteiger partial charge is 0.334 e. The van der Waals surface area contributed by atoms with Crippen LogP contribution in [0.3, 0.4) is 0 Å². The first kappa shape index (κ1) is 21.2. The zero-order valence-electron chi connectivity index (χ0n) is 17.2. The normalized spacial score (nSPS) is 26.7. The Labute approximate surface area is 160 Å². The van der Waals surface area contributed by atoms with Crippen molar-refractivity contribution < 1.29 is 11.0 Å². The number of amides is 2. The van der Waals surface area contributed by atoms with Gasteiger partial charge >= 0.3 is 6.03 Å². The number of Topliss-reactive ketones (excluding diaryl/α,β-unsaturated/α-hetero) is 1. The lowest BCUT2D eigenvalue weighted by Gasteiger charge is -2.47. The number of carbonyl (C=O) groups is 2. The van der Waals surface area contributed by atoms with Gasteiger partial charge in [-0.3, -0.25) is 9.69 Å². The smallest absolute Gasteiger partial charge is 0.317 e. The third-order valence-electron chi connectivity index (χ3n) is 6.06. The van der Waals surface area contributed by atoms with E-state index in [4.69, 9.17) is 0 Å². The predicted molar refractivity (Wildman–Crippen MR) is 107 cm³/mol. The van der Waals surface area contributed by atoms with Crippen LogP contribution in [0.15, 0.2) is 0 Å². The molecule has 26 heavy (non-hydrogen) atoms. The lowest BCUT2D eigenvalue weighted by molar-refractivity contribution is -0.124. The molecule has 1 aliphatic heterocycles. The monoisotopic (exact) mass is 368 g/mol. The number of fused-ring (bicyclic) bond motifs is 1. The molecule has 2 aliphatic rings. The number of carbonyl (C=O) groups excluding carboxylic acids is 2. The van der Waals surface area contributed by atoms with E-state index in [1.165, 1.54) is 0 Å². The van der Waals surface area contributed by atoms with Crippen molar-refractivity contribution in [2.75, 3.05) is 46.3 Å². The van der Waals surface area contributed by atoms with Crippen LogP contribution in [-0.4, -0.2) is 84.9 Å². The molecule has 0 radical (unpaired) electrons. The van der Waals surface area contributed by atoms with Crippen molar-refractivity contribution >= 4 is 11.8 Å². The summed E-state index contributed by atoms with van der Waals surface area (Å²) < 4.78 is 0. The molecule has 0 unspecified atom stereocenters. The van der Waals surface area contributed by atoms with Crippen LogP contribution >= 0.6 is 0 Å². The number of hydrogen-bond acceptors (Lipinski definition) is 4. The molecule has 2 fully saturated rings. The average molecular weight is 369 g/mol. The van der Waals surface area contributed by atoms with Crippen LogP contribution in [0.5, 0.6) is 0 Å². The third kappa shape index (κ3) is 5.68. The number of nitrogens with zero attached hydrogens (tertiary/aromatic N) is 3. The van der Waals surface area contributed by atoms with Gasteiger partial charge in [-0.15, -0.1) is 0 Å². The lowest BCUT2D eigenvalue weighted by atomic mass is 9.76. The van der Waals surface area contributed by atoms with Gasteiger partial charge in [0.15, 0.2) is 0 Å². The van der Waals surface area contributed by atoms with Crippen LogP contribution in [0.4, 0.5) is 4.79 Å². The second-order valence-electron chi connectivity index (χ2n) is 7.96. The standard InChI is InChI=1S/C20H38N4O2.H2/c1-5-10-24-15-17(13-16-14-18(25)8-9-19(16)24)21-20(26)23(7-3)12-11-22(4)6-2;/h16-17,19H,5-15H2,1-4H3,(H,21,26);1H/t16-,17+,19-;/m1./s1. The average Bonchev–Trinajstić information content (AvgIpc) is 2.61. The lowest BCUT2D eigenvalue weighted by Crippen LogP contribution is -2.59. The van der Waals surface area contributed by atoms with Gasteiger partial charge in [0, 0.05) is 52.5 Å².